The Labute approximate surface area is 187 Å². The van der Waals surface area contributed by atoms with Gasteiger partial charge in [0.2, 0.25) is 0 Å². The fourth-order valence-corrected chi connectivity index (χ4v) is 5.13. The van der Waals surface area contributed by atoms with Crippen molar-refractivity contribution in [2.45, 2.75) is 12.8 Å². The molecule has 0 aliphatic carbocycles. The van der Waals surface area contributed by atoms with E-state index in [2.05, 4.69) is 10.3 Å². The molecule has 0 fully saturated rings. The van der Waals surface area contributed by atoms with Gasteiger partial charge in [-0.2, -0.15) is 0 Å². The van der Waals surface area contributed by atoms with Gasteiger partial charge in [0.15, 0.2) is 9.84 Å². The number of hydrogen-bond donors (Lipinski definition) is 3. The Balaban J connectivity index is 1.36. The Morgan fingerprint density at radius 2 is 2.00 bits per heavy atom. The van der Waals surface area contributed by atoms with Crippen LogP contribution in [0.4, 0.5) is 5.69 Å². The lowest BCUT2D eigenvalue weighted by Crippen LogP contribution is -2.23. The Kier molecular flexibility index (Phi) is 7.83. The molecule has 12 heteroatoms. The summed E-state index contributed by atoms with van der Waals surface area (Å²) in [6, 6.07) is 8.92. The van der Waals surface area contributed by atoms with Crippen molar-refractivity contribution in [1.82, 2.24) is 10.3 Å². The van der Waals surface area contributed by atoms with Crippen molar-refractivity contribution in [3.63, 3.8) is 0 Å². The molecule has 0 spiro atoms. The van der Waals surface area contributed by atoms with Crippen LogP contribution in [0.2, 0.25) is 0 Å². The number of phenolic OH excluding ortho intramolecular Hbond substituents is 1. The van der Waals surface area contributed by atoms with Gasteiger partial charge in [-0.25, -0.2) is 8.42 Å². The largest absolute Gasteiger partial charge is 0.506 e. The van der Waals surface area contributed by atoms with Crippen LogP contribution >= 0.6 is 11.3 Å². The summed E-state index contributed by atoms with van der Waals surface area (Å²) in [6.07, 6.45) is 1.07. The zero-order valence-electron chi connectivity index (χ0n) is 17.1. The van der Waals surface area contributed by atoms with E-state index in [1.165, 1.54) is 24.3 Å². The average Bonchev–Trinajstić information content (AvgIpc) is 3.14. The molecule has 0 saturated carbocycles. The molecule has 0 bridgehead atoms. The van der Waals surface area contributed by atoms with Crippen molar-refractivity contribution in [2.75, 3.05) is 31.2 Å². The zero-order chi connectivity index (χ0) is 23.1. The lowest BCUT2D eigenvalue weighted by molar-refractivity contribution is -0.384. The number of nitrogens with one attached hydrogen (secondary N) is 2. The molecule has 0 saturated heterocycles. The second-order valence-corrected chi connectivity index (χ2v) is 10.4. The summed E-state index contributed by atoms with van der Waals surface area (Å²) >= 11 is 1.05. The van der Waals surface area contributed by atoms with Gasteiger partial charge in [0.25, 0.3) is 5.69 Å². The second kappa shape index (κ2) is 10.6. The third kappa shape index (κ3) is 6.52. The smallest absolute Gasteiger partial charge is 0.305 e. The highest BCUT2D eigenvalue weighted by Gasteiger charge is 2.13. The maximum absolute atomic E-state index is 12.2. The lowest BCUT2D eigenvalue weighted by atomic mass is 10.1. The number of ether oxygens (including phenoxy) is 1. The van der Waals surface area contributed by atoms with Crippen molar-refractivity contribution < 1.29 is 23.2 Å². The molecule has 3 rings (SSSR count). The normalized spacial score (nSPS) is 11.6. The fraction of sp³-hybridized carbons (Fsp3) is 0.350. The number of phenols is 1. The van der Waals surface area contributed by atoms with Crippen LogP contribution in [0.5, 0.6) is 11.5 Å². The van der Waals surface area contributed by atoms with Crippen LogP contribution in [-0.4, -0.2) is 54.6 Å². The molecule has 32 heavy (non-hydrogen) atoms. The summed E-state index contributed by atoms with van der Waals surface area (Å²) in [5.41, 5.74) is 1.26. The Bertz CT molecular complexity index is 1250. The average molecular weight is 482 g/mol. The molecule has 3 N–H and O–H groups in total. The molecule has 0 aliphatic heterocycles. The van der Waals surface area contributed by atoms with Crippen LogP contribution in [0.15, 0.2) is 41.2 Å². The molecule has 2 aromatic carbocycles. The highest BCUT2D eigenvalue weighted by molar-refractivity contribution is 7.91. The summed E-state index contributed by atoms with van der Waals surface area (Å²) in [7, 11) is -3.31. The van der Waals surface area contributed by atoms with Crippen LogP contribution in [0, 0.1) is 10.1 Å². The van der Waals surface area contributed by atoms with E-state index in [1.54, 1.807) is 12.1 Å². The zero-order valence-corrected chi connectivity index (χ0v) is 18.7. The van der Waals surface area contributed by atoms with Crippen LogP contribution in [0.1, 0.15) is 12.0 Å². The molecule has 3 aromatic rings. The molecular weight excluding hydrogens is 458 g/mol. The maximum Gasteiger partial charge on any atom is 0.305 e. The first kappa shape index (κ1) is 23.7. The number of aromatic nitrogens is 1. The minimum absolute atomic E-state index is 0.00117. The van der Waals surface area contributed by atoms with E-state index < -0.39 is 14.8 Å². The highest BCUT2D eigenvalue weighted by atomic mass is 32.2. The molecule has 172 valence electrons. The molecular formula is C20H23N3O7S2. The minimum Gasteiger partial charge on any atom is -0.506 e. The quantitative estimate of drug-likeness (QED) is 0.202. The summed E-state index contributed by atoms with van der Waals surface area (Å²) in [6.45, 7) is 1.03. The number of aromatic hydroxyl groups is 1. The standard InChI is InChI=1S/C20H23N3O7S2/c24-17-6-5-14(19-18(17)22-20(25)31-19)7-9-21-8-2-11-32(28,29)12-10-30-16-4-1-3-15(13-16)23(26)27/h1,3-6,13,21,24H,2,7-12H2,(H,22,25). The summed E-state index contributed by atoms with van der Waals surface area (Å²) < 4.78 is 30.4. The van der Waals surface area contributed by atoms with Crippen molar-refractivity contribution in [1.29, 1.82) is 0 Å². The third-order valence-electron chi connectivity index (χ3n) is 4.71. The molecule has 0 radical (unpaired) electrons. The monoisotopic (exact) mass is 481 g/mol. The molecule has 1 aromatic heterocycles. The maximum atomic E-state index is 12.2. The first-order chi connectivity index (χ1) is 15.2. The van der Waals surface area contributed by atoms with E-state index in [-0.39, 0.29) is 40.2 Å². The molecule has 0 amide bonds. The number of nitrogens with zero attached hydrogens (tertiary/aromatic N) is 1. The van der Waals surface area contributed by atoms with Gasteiger partial charge in [-0.3, -0.25) is 14.9 Å². The summed E-state index contributed by atoms with van der Waals surface area (Å²) in [4.78, 5) is 24.1. The van der Waals surface area contributed by atoms with Gasteiger partial charge in [0.05, 0.1) is 27.2 Å². The predicted octanol–water partition coefficient (Wildman–Crippen LogP) is 2.22. The van der Waals surface area contributed by atoms with Crippen molar-refractivity contribution in [2.24, 2.45) is 0 Å². The molecule has 0 unspecified atom stereocenters. The Hall–Kier alpha value is -2.96. The van der Waals surface area contributed by atoms with E-state index in [1.807, 2.05) is 0 Å². The van der Waals surface area contributed by atoms with Crippen LogP contribution in [-0.2, 0) is 16.3 Å². The van der Waals surface area contributed by atoms with Crippen molar-refractivity contribution in [3.8, 4) is 11.5 Å². The number of aromatic amines is 1. The van der Waals surface area contributed by atoms with Gasteiger partial charge in [-0.1, -0.05) is 23.5 Å². The summed E-state index contributed by atoms with van der Waals surface area (Å²) in [5, 5.41) is 23.8. The van der Waals surface area contributed by atoms with Gasteiger partial charge in [0, 0.05) is 6.07 Å². The predicted molar refractivity (Wildman–Crippen MR) is 123 cm³/mol. The van der Waals surface area contributed by atoms with Crippen LogP contribution in [0.25, 0.3) is 10.2 Å². The third-order valence-corrected chi connectivity index (χ3v) is 7.37. The Morgan fingerprint density at radius 1 is 1.19 bits per heavy atom. The molecule has 1 heterocycles. The van der Waals surface area contributed by atoms with Gasteiger partial charge in [-0.15, -0.1) is 0 Å². The first-order valence-electron chi connectivity index (χ1n) is 9.87. The van der Waals surface area contributed by atoms with E-state index in [0.29, 0.717) is 31.4 Å². The number of fused-ring (bicyclic) bond motifs is 1. The van der Waals surface area contributed by atoms with Crippen molar-refractivity contribution >= 4 is 37.1 Å². The van der Waals surface area contributed by atoms with E-state index in [0.717, 1.165) is 21.6 Å². The number of benzene rings is 2. The van der Waals surface area contributed by atoms with Crippen LogP contribution in [0.3, 0.4) is 0 Å². The van der Waals surface area contributed by atoms with Crippen LogP contribution < -0.4 is 14.9 Å². The number of H-pyrrole nitrogens is 1. The number of sulfone groups is 1. The number of rotatable bonds is 12. The highest BCUT2D eigenvalue weighted by Crippen LogP contribution is 2.27. The first-order valence-corrected chi connectivity index (χ1v) is 12.5. The van der Waals surface area contributed by atoms with Crippen molar-refractivity contribution in [3.05, 3.63) is 61.7 Å². The van der Waals surface area contributed by atoms with Gasteiger partial charge >= 0.3 is 4.87 Å². The van der Waals surface area contributed by atoms with E-state index in [9.17, 15) is 28.4 Å². The fourth-order valence-electron chi connectivity index (χ4n) is 3.11. The number of thiazole rings is 1. The van der Waals surface area contributed by atoms with Gasteiger partial charge < -0.3 is 20.1 Å². The van der Waals surface area contributed by atoms with E-state index in [4.69, 9.17) is 4.74 Å². The number of nitro benzene ring substituents is 1. The minimum atomic E-state index is -3.31. The SMILES string of the molecule is O=c1[nH]c2c(O)ccc(CCNCCCS(=O)(=O)CCOc3cccc([N+](=O)[O-])c3)c2s1. The molecule has 10 nitrogen and oxygen atoms in total. The number of hydrogen-bond acceptors (Lipinski definition) is 9. The van der Waals surface area contributed by atoms with Gasteiger partial charge in [0.1, 0.15) is 23.6 Å². The number of non-ortho nitro benzene ring substituents is 1. The molecule has 0 atom stereocenters. The lowest BCUT2D eigenvalue weighted by Gasteiger charge is -2.08. The Morgan fingerprint density at radius 3 is 2.78 bits per heavy atom. The van der Waals surface area contributed by atoms with E-state index >= 15 is 0 Å². The topological polar surface area (TPSA) is 152 Å². The number of nitro groups is 1. The van der Waals surface area contributed by atoms with Gasteiger partial charge in [-0.05, 0) is 43.6 Å². The molecule has 0 aliphatic rings. The second-order valence-electron chi connectivity index (χ2n) is 7.07. The summed E-state index contributed by atoms with van der Waals surface area (Å²) in [5.74, 6) is 0.121.